The maximum Gasteiger partial charge on any atom is 0.0683 e. The molecular formula is C12H23NO2S. The molecule has 0 fully saturated rings. The van der Waals surface area contributed by atoms with Crippen LogP contribution in [0.1, 0.15) is 39.5 Å². The van der Waals surface area contributed by atoms with E-state index in [1.54, 1.807) is 7.11 Å². The van der Waals surface area contributed by atoms with Crippen molar-refractivity contribution in [2.45, 2.75) is 39.5 Å². The summed E-state index contributed by atoms with van der Waals surface area (Å²) in [5.41, 5.74) is -0.239. The molecule has 0 aliphatic carbocycles. The highest BCUT2D eigenvalue weighted by Crippen LogP contribution is 2.21. The Hall–Kier alpha value is -0.400. The van der Waals surface area contributed by atoms with E-state index in [0.717, 1.165) is 37.2 Å². The van der Waals surface area contributed by atoms with Crippen LogP contribution in [0.2, 0.25) is 0 Å². The number of ether oxygens (including phenoxy) is 1. The Morgan fingerprint density at radius 3 is 2.44 bits per heavy atom. The van der Waals surface area contributed by atoms with Crippen molar-refractivity contribution in [1.29, 1.82) is 5.26 Å². The van der Waals surface area contributed by atoms with E-state index < -0.39 is 10.8 Å². The third-order valence-corrected chi connectivity index (χ3v) is 3.93. The van der Waals surface area contributed by atoms with Crippen molar-refractivity contribution >= 4 is 10.8 Å². The van der Waals surface area contributed by atoms with Crippen LogP contribution in [0.5, 0.6) is 0 Å². The molecule has 1 atom stereocenters. The van der Waals surface area contributed by atoms with Gasteiger partial charge in [-0.15, -0.1) is 0 Å². The molecule has 1 unspecified atom stereocenters. The minimum atomic E-state index is -0.715. The lowest BCUT2D eigenvalue weighted by molar-refractivity contribution is 0.200. The summed E-state index contributed by atoms with van der Waals surface area (Å²) in [4.78, 5) is 0. The van der Waals surface area contributed by atoms with Crippen LogP contribution in [0.25, 0.3) is 0 Å². The highest BCUT2D eigenvalue weighted by molar-refractivity contribution is 7.84. The Balaban J connectivity index is 3.45. The van der Waals surface area contributed by atoms with E-state index in [2.05, 4.69) is 6.07 Å². The van der Waals surface area contributed by atoms with Crippen LogP contribution in [-0.2, 0) is 15.5 Å². The molecule has 94 valence electrons. The van der Waals surface area contributed by atoms with Gasteiger partial charge in [-0.1, -0.05) is 6.42 Å². The van der Waals surface area contributed by atoms with Crippen molar-refractivity contribution in [3.63, 3.8) is 0 Å². The summed E-state index contributed by atoms with van der Waals surface area (Å²) in [6.07, 6.45) is 3.69. The second-order valence-electron chi connectivity index (χ2n) is 4.65. The minimum absolute atomic E-state index is 0.239. The quantitative estimate of drug-likeness (QED) is 0.586. The van der Waals surface area contributed by atoms with Gasteiger partial charge >= 0.3 is 0 Å². The van der Waals surface area contributed by atoms with Gasteiger partial charge in [0.1, 0.15) is 0 Å². The zero-order chi connectivity index (χ0) is 12.4. The lowest BCUT2D eigenvalue weighted by Gasteiger charge is -2.13. The summed E-state index contributed by atoms with van der Waals surface area (Å²) < 4.78 is 16.4. The molecule has 0 spiro atoms. The van der Waals surface area contributed by atoms with Crippen molar-refractivity contribution < 1.29 is 8.95 Å². The van der Waals surface area contributed by atoms with Gasteiger partial charge in [-0.3, -0.25) is 4.21 Å². The van der Waals surface area contributed by atoms with Crippen molar-refractivity contribution in [1.82, 2.24) is 0 Å². The van der Waals surface area contributed by atoms with E-state index in [-0.39, 0.29) is 5.41 Å². The summed E-state index contributed by atoms with van der Waals surface area (Å²) in [7, 11) is 0.945. The van der Waals surface area contributed by atoms with Crippen LogP contribution in [0.15, 0.2) is 0 Å². The van der Waals surface area contributed by atoms with E-state index in [9.17, 15) is 4.21 Å². The molecule has 0 aromatic carbocycles. The minimum Gasteiger partial charge on any atom is -0.385 e. The third kappa shape index (κ3) is 8.87. The largest absolute Gasteiger partial charge is 0.385 e. The molecule has 3 nitrogen and oxygen atoms in total. The zero-order valence-electron chi connectivity index (χ0n) is 10.6. The van der Waals surface area contributed by atoms with E-state index in [1.807, 2.05) is 13.8 Å². The molecule has 0 saturated carbocycles. The smallest absolute Gasteiger partial charge is 0.0683 e. The first-order valence-corrected chi connectivity index (χ1v) is 7.26. The van der Waals surface area contributed by atoms with Gasteiger partial charge in [0.25, 0.3) is 0 Å². The maximum atomic E-state index is 11.5. The van der Waals surface area contributed by atoms with Gasteiger partial charge in [-0.05, 0) is 33.1 Å². The normalized spacial score (nSPS) is 13.4. The van der Waals surface area contributed by atoms with Gasteiger partial charge in [-0.2, -0.15) is 5.26 Å². The van der Waals surface area contributed by atoms with Gasteiger partial charge in [0.15, 0.2) is 0 Å². The molecular weight excluding hydrogens is 222 g/mol. The summed E-state index contributed by atoms with van der Waals surface area (Å²) in [6, 6.07) is 2.28. The Bertz CT molecular complexity index is 246. The first-order chi connectivity index (χ1) is 7.52. The summed E-state index contributed by atoms with van der Waals surface area (Å²) in [6.45, 7) is 4.58. The molecule has 0 aliphatic rings. The zero-order valence-corrected chi connectivity index (χ0v) is 11.4. The van der Waals surface area contributed by atoms with Gasteiger partial charge in [0, 0.05) is 36.0 Å². The third-order valence-electron chi connectivity index (χ3n) is 2.45. The molecule has 0 amide bonds. The van der Waals surface area contributed by atoms with Gasteiger partial charge in [0.05, 0.1) is 11.5 Å². The molecule has 0 aliphatic heterocycles. The van der Waals surface area contributed by atoms with Crippen molar-refractivity contribution in [2.24, 2.45) is 5.41 Å². The molecule has 4 heteroatoms. The fourth-order valence-electron chi connectivity index (χ4n) is 1.35. The fourth-order valence-corrected chi connectivity index (χ4v) is 2.52. The summed E-state index contributed by atoms with van der Waals surface area (Å²) in [5.74, 6) is 1.49. The fraction of sp³-hybridized carbons (Fsp3) is 0.917. The van der Waals surface area contributed by atoms with Crippen LogP contribution in [-0.4, -0.2) is 29.4 Å². The Kier molecular flexibility index (Phi) is 8.50. The molecule has 0 heterocycles. The molecule has 0 aromatic rings. The van der Waals surface area contributed by atoms with E-state index in [0.29, 0.717) is 6.61 Å². The number of nitriles is 1. The van der Waals surface area contributed by atoms with Crippen molar-refractivity contribution in [2.75, 3.05) is 25.2 Å². The predicted octanol–water partition coefficient (Wildman–Crippen LogP) is 2.49. The van der Waals surface area contributed by atoms with E-state index in [1.165, 1.54) is 0 Å². The molecule has 0 rings (SSSR count). The number of hydrogen-bond donors (Lipinski definition) is 0. The number of unbranched alkanes of at least 4 members (excludes halogenated alkanes) is 1. The van der Waals surface area contributed by atoms with Gasteiger partial charge < -0.3 is 4.74 Å². The molecule has 0 saturated heterocycles. The van der Waals surface area contributed by atoms with Crippen molar-refractivity contribution in [3.05, 3.63) is 0 Å². The SMILES string of the molecule is COCCCS(=O)CCCCC(C)(C)C#N. The molecule has 0 N–H and O–H groups in total. The Morgan fingerprint density at radius 1 is 1.25 bits per heavy atom. The van der Waals surface area contributed by atoms with Crippen LogP contribution in [0, 0.1) is 16.7 Å². The maximum absolute atomic E-state index is 11.5. The molecule has 0 bridgehead atoms. The monoisotopic (exact) mass is 245 g/mol. The number of hydrogen-bond acceptors (Lipinski definition) is 3. The second-order valence-corrected chi connectivity index (χ2v) is 6.34. The lowest BCUT2D eigenvalue weighted by Crippen LogP contribution is -2.09. The summed E-state index contributed by atoms with van der Waals surface area (Å²) in [5, 5.41) is 8.82. The molecule has 0 aromatic heterocycles. The topological polar surface area (TPSA) is 50.1 Å². The van der Waals surface area contributed by atoms with E-state index >= 15 is 0 Å². The highest BCUT2D eigenvalue weighted by atomic mass is 32.2. The van der Waals surface area contributed by atoms with E-state index in [4.69, 9.17) is 10.00 Å². The van der Waals surface area contributed by atoms with Gasteiger partial charge in [0.2, 0.25) is 0 Å². The van der Waals surface area contributed by atoms with Crippen LogP contribution < -0.4 is 0 Å². The molecule has 16 heavy (non-hydrogen) atoms. The van der Waals surface area contributed by atoms with Crippen LogP contribution in [0.4, 0.5) is 0 Å². The predicted molar refractivity (Wildman–Crippen MR) is 67.6 cm³/mol. The first kappa shape index (κ1) is 15.6. The average molecular weight is 245 g/mol. The standard InChI is InChI=1S/C12H23NO2S/c1-12(2,11-13)7-4-5-9-16(14)10-6-8-15-3/h4-10H2,1-3H3. The van der Waals surface area contributed by atoms with Gasteiger partial charge in [-0.25, -0.2) is 0 Å². The second kappa shape index (κ2) is 8.72. The number of methoxy groups -OCH3 is 1. The highest BCUT2D eigenvalue weighted by Gasteiger charge is 2.15. The number of nitrogens with zero attached hydrogens (tertiary/aromatic N) is 1. The lowest BCUT2D eigenvalue weighted by atomic mass is 9.89. The van der Waals surface area contributed by atoms with Crippen LogP contribution in [0.3, 0.4) is 0 Å². The van der Waals surface area contributed by atoms with Crippen molar-refractivity contribution in [3.8, 4) is 6.07 Å². The Morgan fingerprint density at radius 2 is 1.88 bits per heavy atom. The van der Waals surface area contributed by atoms with Crippen LogP contribution >= 0.6 is 0 Å². The average Bonchev–Trinajstić information content (AvgIpc) is 2.25. The Labute approximate surface area is 102 Å². The first-order valence-electron chi connectivity index (χ1n) is 5.77. The molecule has 0 radical (unpaired) electrons. The summed E-state index contributed by atoms with van der Waals surface area (Å²) >= 11 is 0. The number of rotatable bonds is 9.